The molecule has 3 nitrogen and oxygen atoms in total. The molecule has 1 aromatic rings. The van der Waals surface area contributed by atoms with Gasteiger partial charge in [-0.25, -0.2) is 0 Å². The number of hydrogen-bond donors (Lipinski definition) is 2. The maximum Gasteiger partial charge on any atom is 0.186 e. The van der Waals surface area contributed by atoms with Crippen LogP contribution in [0.15, 0.2) is 34.3 Å². The average molecular weight is 253 g/mol. The molecular weight excluding hydrogens is 238 g/mol. The molecule has 0 aliphatic heterocycles. The predicted molar refractivity (Wildman–Crippen MR) is 75.2 cm³/mol. The van der Waals surface area contributed by atoms with E-state index in [1.165, 1.54) is 4.90 Å². The summed E-state index contributed by atoms with van der Waals surface area (Å²) in [5.74, 6) is 0. The zero-order valence-electron chi connectivity index (χ0n) is 9.57. The van der Waals surface area contributed by atoms with E-state index in [4.69, 9.17) is 12.2 Å². The Morgan fingerprint density at radius 1 is 1.31 bits per heavy atom. The SMILES string of the molecule is CNC(=S)NN=C(C)c1ccc(SC)cc1. The summed E-state index contributed by atoms with van der Waals surface area (Å²) in [7, 11) is 1.76. The second-order valence-corrected chi connectivity index (χ2v) is 4.40. The summed E-state index contributed by atoms with van der Waals surface area (Å²) < 4.78 is 0. The molecule has 0 spiro atoms. The first-order valence-corrected chi connectivity index (χ1v) is 6.47. The van der Waals surface area contributed by atoms with E-state index in [0.29, 0.717) is 5.11 Å². The lowest BCUT2D eigenvalue weighted by molar-refractivity contribution is 0.974. The van der Waals surface area contributed by atoms with Crippen molar-refractivity contribution < 1.29 is 0 Å². The Kier molecular flexibility index (Phi) is 5.28. The fourth-order valence-electron chi connectivity index (χ4n) is 1.09. The number of nitrogens with one attached hydrogen (secondary N) is 2. The second kappa shape index (κ2) is 6.50. The van der Waals surface area contributed by atoms with Gasteiger partial charge in [-0.15, -0.1) is 11.8 Å². The van der Waals surface area contributed by atoms with Crippen LogP contribution in [0.3, 0.4) is 0 Å². The molecular formula is C11H15N3S2. The smallest absolute Gasteiger partial charge is 0.186 e. The van der Waals surface area contributed by atoms with E-state index in [2.05, 4.69) is 46.4 Å². The van der Waals surface area contributed by atoms with Gasteiger partial charge in [0.25, 0.3) is 0 Å². The number of rotatable bonds is 3. The van der Waals surface area contributed by atoms with Crippen molar-refractivity contribution in [3.8, 4) is 0 Å². The van der Waals surface area contributed by atoms with Crippen LogP contribution in [-0.4, -0.2) is 24.1 Å². The number of thiocarbonyl (C=S) groups is 1. The van der Waals surface area contributed by atoms with Crippen molar-refractivity contribution in [3.63, 3.8) is 0 Å². The Balaban J connectivity index is 2.71. The average Bonchev–Trinajstić information content (AvgIpc) is 2.35. The number of nitrogens with zero attached hydrogens (tertiary/aromatic N) is 1. The van der Waals surface area contributed by atoms with Gasteiger partial charge in [-0.05, 0) is 43.1 Å². The van der Waals surface area contributed by atoms with Crippen LogP contribution in [0, 0.1) is 0 Å². The maximum absolute atomic E-state index is 4.93. The molecule has 0 fully saturated rings. The highest BCUT2D eigenvalue weighted by molar-refractivity contribution is 7.98. The standard InChI is InChI=1S/C11H15N3S2/c1-8(13-14-11(15)12-2)9-4-6-10(16-3)7-5-9/h4-7H,1-3H3,(H2,12,14,15). The third-order valence-corrected chi connectivity index (χ3v) is 3.10. The summed E-state index contributed by atoms with van der Waals surface area (Å²) in [5.41, 5.74) is 4.76. The van der Waals surface area contributed by atoms with Gasteiger partial charge in [0.05, 0.1) is 5.71 Å². The minimum atomic E-state index is 0.514. The normalized spacial score (nSPS) is 11.1. The number of thioether (sulfide) groups is 1. The number of hydrogen-bond acceptors (Lipinski definition) is 3. The zero-order chi connectivity index (χ0) is 12.0. The molecule has 86 valence electrons. The van der Waals surface area contributed by atoms with Crippen LogP contribution in [0.25, 0.3) is 0 Å². The van der Waals surface area contributed by atoms with Gasteiger partial charge in [0, 0.05) is 11.9 Å². The van der Waals surface area contributed by atoms with Crippen LogP contribution in [0.4, 0.5) is 0 Å². The third kappa shape index (κ3) is 3.83. The molecule has 0 atom stereocenters. The Hall–Kier alpha value is -1.07. The van der Waals surface area contributed by atoms with Crippen molar-refractivity contribution in [2.45, 2.75) is 11.8 Å². The Bertz CT molecular complexity index is 385. The van der Waals surface area contributed by atoms with Gasteiger partial charge in [0.2, 0.25) is 0 Å². The van der Waals surface area contributed by atoms with Crippen LogP contribution in [0.5, 0.6) is 0 Å². The van der Waals surface area contributed by atoms with Crippen molar-refractivity contribution in [1.82, 2.24) is 10.7 Å². The first-order valence-electron chi connectivity index (χ1n) is 4.84. The number of hydrazone groups is 1. The van der Waals surface area contributed by atoms with Crippen LogP contribution in [0.2, 0.25) is 0 Å². The van der Waals surface area contributed by atoms with E-state index in [1.54, 1.807) is 18.8 Å². The molecule has 0 saturated heterocycles. The minimum Gasteiger partial charge on any atom is -0.364 e. The van der Waals surface area contributed by atoms with Gasteiger partial charge in [0.15, 0.2) is 5.11 Å². The van der Waals surface area contributed by atoms with Crippen LogP contribution in [0.1, 0.15) is 12.5 Å². The summed E-state index contributed by atoms with van der Waals surface area (Å²) in [6.45, 7) is 1.94. The highest BCUT2D eigenvalue weighted by Gasteiger charge is 1.97. The lowest BCUT2D eigenvalue weighted by Crippen LogP contribution is -2.29. The fourth-order valence-corrected chi connectivity index (χ4v) is 1.54. The molecule has 0 saturated carbocycles. The van der Waals surface area contributed by atoms with Crippen molar-refractivity contribution >= 4 is 34.8 Å². The van der Waals surface area contributed by atoms with Gasteiger partial charge in [-0.1, -0.05) is 12.1 Å². The maximum atomic E-state index is 4.93. The van der Waals surface area contributed by atoms with Gasteiger partial charge in [-0.3, -0.25) is 5.43 Å². The summed E-state index contributed by atoms with van der Waals surface area (Å²) in [6, 6.07) is 8.26. The Labute approximate surface area is 106 Å². The molecule has 2 N–H and O–H groups in total. The quantitative estimate of drug-likeness (QED) is 0.375. The third-order valence-electron chi connectivity index (χ3n) is 2.06. The molecule has 0 heterocycles. The van der Waals surface area contributed by atoms with Gasteiger partial charge in [0.1, 0.15) is 0 Å². The van der Waals surface area contributed by atoms with E-state index in [0.717, 1.165) is 11.3 Å². The van der Waals surface area contributed by atoms with Crippen LogP contribution >= 0.6 is 24.0 Å². The molecule has 0 aliphatic rings. The fraction of sp³-hybridized carbons (Fsp3) is 0.273. The first-order chi connectivity index (χ1) is 7.67. The van der Waals surface area contributed by atoms with Crippen LogP contribution < -0.4 is 10.7 Å². The first kappa shape index (κ1) is 13.0. The molecule has 16 heavy (non-hydrogen) atoms. The Morgan fingerprint density at radius 2 is 1.94 bits per heavy atom. The molecule has 1 rings (SSSR count). The molecule has 5 heteroatoms. The lowest BCUT2D eigenvalue weighted by atomic mass is 10.1. The van der Waals surface area contributed by atoms with E-state index < -0.39 is 0 Å². The van der Waals surface area contributed by atoms with Crippen LogP contribution in [-0.2, 0) is 0 Å². The molecule has 0 aliphatic carbocycles. The zero-order valence-corrected chi connectivity index (χ0v) is 11.2. The summed E-state index contributed by atoms with van der Waals surface area (Å²) in [4.78, 5) is 1.25. The van der Waals surface area contributed by atoms with Gasteiger partial charge >= 0.3 is 0 Å². The molecule has 0 unspecified atom stereocenters. The largest absolute Gasteiger partial charge is 0.364 e. The van der Waals surface area contributed by atoms with Crippen molar-refractivity contribution in [1.29, 1.82) is 0 Å². The summed E-state index contributed by atoms with van der Waals surface area (Å²) in [5, 5.41) is 7.49. The van der Waals surface area contributed by atoms with Crippen molar-refractivity contribution in [3.05, 3.63) is 29.8 Å². The second-order valence-electron chi connectivity index (χ2n) is 3.12. The summed E-state index contributed by atoms with van der Waals surface area (Å²) >= 11 is 6.66. The molecule has 1 aromatic carbocycles. The van der Waals surface area contributed by atoms with Gasteiger partial charge in [-0.2, -0.15) is 5.10 Å². The highest BCUT2D eigenvalue weighted by atomic mass is 32.2. The molecule has 0 radical (unpaired) electrons. The molecule has 0 aromatic heterocycles. The van der Waals surface area contributed by atoms with E-state index in [-0.39, 0.29) is 0 Å². The van der Waals surface area contributed by atoms with Crippen molar-refractivity contribution in [2.24, 2.45) is 5.10 Å². The molecule has 0 bridgehead atoms. The van der Waals surface area contributed by atoms with E-state index >= 15 is 0 Å². The van der Waals surface area contributed by atoms with E-state index in [1.807, 2.05) is 6.92 Å². The number of benzene rings is 1. The Morgan fingerprint density at radius 3 is 2.44 bits per heavy atom. The summed E-state index contributed by atoms with van der Waals surface area (Å²) in [6.07, 6.45) is 2.06. The van der Waals surface area contributed by atoms with Gasteiger partial charge < -0.3 is 5.32 Å². The molecule has 0 amide bonds. The highest BCUT2D eigenvalue weighted by Crippen LogP contribution is 2.15. The van der Waals surface area contributed by atoms with E-state index in [9.17, 15) is 0 Å². The minimum absolute atomic E-state index is 0.514. The monoisotopic (exact) mass is 253 g/mol. The predicted octanol–water partition coefficient (Wildman–Crippen LogP) is 2.23. The van der Waals surface area contributed by atoms with Crippen molar-refractivity contribution in [2.75, 3.05) is 13.3 Å². The topological polar surface area (TPSA) is 36.4 Å². The lowest BCUT2D eigenvalue weighted by Gasteiger charge is -2.04.